The molecule has 1 aliphatic heterocycles. The summed E-state index contributed by atoms with van der Waals surface area (Å²) in [5.74, 6) is 0.783. The van der Waals surface area contributed by atoms with E-state index in [1.165, 1.54) is 12.6 Å². The molecule has 0 bridgehead atoms. The standard InChI is InChI=1S/C23H29N5O2/c1-2-18-4-3-5-21(20(18)16-24)28-12-10-27(11-13-28)9-7-17-14-19(15-17)26-23(29)22-6-8-25-30-22/h3-6,8,17,19H,2,7,9-15H2,1H3,(H,26,29). The quantitative estimate of drug-likeness (QED) is 0.760. The highest BCUT2D eigenvalue weighted by molar-refractivity contribution is 5.91. The van der Waals surface area contributed by atoms with Gasteiger partial charge in [-0.15, -0.1) is 0 Å². The largest absolute Gasteiger partial charge is 0.368 e. The Hall–Kier alpha value is -2.85. The van der Waals surface area contributed by atoms with Gasteiger partial charge < -0.3 is 14.7 Å². The number of benzene rings is 1. The number of carbonyl (C=O) groups excluding carboxylic acids is 1. The third-order valence-corrected chi connectivity index (χ3v) is 6.42. The molecule has 1 saturated heterocycles. The van der Waals surface area contributed by atoms with Crippen molar-refractivity contribution in [2.24, 2.45) is 5.92 Å². The van der Waals surface area contributed by atoms with Crippen molar-refractivity contribution >= 4 is 11.6 Å². The van der Waals surface area contributed by atoms with Gasteiger partial charge in [0.1, 0.15) is 6.07 Å². The molecule has 0 radical (unpaired) electrons. The van der Waals surface area contributed by atoms with Gasteiger partial charge in [0.2, 0.25) is 5.76 Å². The number of nitrogens with one attached hydrogen (secondary N) is 1. The van der Waals surface area contributed by atoms with Crippen molar-refractivity contribution in [3.8, 4) is 6.07 Å². The highest BCUT2D eigenvalue weighted by Gasteiger charge is 2.31. The highest BCUT2D eigenvalue weighted by Crippen LogP contribution is 2.31. The number of piperazine rings is 1. The Bertz CT molecular complexity index is 891. The molecule has 2 aromatic rings. The second-order valence-corrected chi connectivity index (χ2v) is 8.28. The van der Waals surface area contributed by atoms with Crippen LogP contribution in [0.2, 0.25) is 0 Å². The summed E-state index contributed by atoms with van der Waals surface area (Å²) in [7, 11) is 0. The predicted octanol–water partition coefficient (Wildman–Crippen LogP) is 2.83. The average molecular weight is 408 g/mol. The molecular formula is C23H29N5O2. The fraction of sp³-hybridized carbons (Fsp3) is 0.522. The molecular weight excluding hydrogens is 378 g/mol. The Balaban J connectivity index is 1.18. The Labute approximate surface area is 177 Å². The van der Waals surface area contributed by atoms with E-state index in [0.717, 1.165) is 68.8 Å². The summed E-state index contributed by atoms with van der Waals surface area (Å²) in [5, 5.41) is 16.2. The lowest BCUT2D eigenvalue weighted by Gasteiger charge is -2.39. The number of aromatic nitrogens is 1. The van der Waals surface area contributed by atoms with E-state index in [4.69, 9.17) is 4.52 Å². The molecule has 158 valence electrons. The minimum absolute atomic E-state index is 0.170. The molecule has 1 aromatic carbocycles. The first-order chi connectivity index (χ1) is 14.7. The van der Waals surface area contributed by atoms with Crippen LogP contribution in [0.3, 0.4) is 0 Å². The number of hydrogen-bond acceptors (Lipinski definition) is 6. The first kappa shape index (κ1) is 20.4. The number of rotatable bonds is 7. The summed E-state index contributed by atoms with van der Waals surface area (Å²) in [6.07, 6.45) is 5.62. The molecule has 7 heteroatoms. The fourth-order valence-corrected chi connectivity index (χ4v) is 4.53. The predicted molar refractivity (Wildman–Crippen MR) is 114 cm³/mol. The first-order valence-corrected chi connectivity index (χ1v) is 10.9. The minimum atomic E-state index is -0.170. The molecule has 0 atom stereocenters. The molecule has 30 heavy (non-hydrogen) atoms. The van der Waals surface area contributed by atoms with Crippen molar-refractivity contribution < 1.29 is 9.32 Å². The zero-order chi connectivity index (χ0) is 20.9. The zero-order valence-corrected chi connectivity index (χ0v) is 17.5. The van der Waals surface area contributed by atoms with Crippen LogP contribution in [-0.4, -0.2) is 54.7 Å². The molecule has 1 amide bonds. The van der Waals surface area contributed by atoms with Crippen molar-refractivity contribution in [1.82, 2.24) is 15.4 Å². The Kier molecular flexibility index (Phi) is 6.34. The molecule has 2 heterocycles. The molecule has 0 unspecified atom stereocenters. The van der Waals surface area contributed by atoms with E-state index in [1.807, 2.05) is 0 Å². The third kappa shape index (κ3) is 4.49. The van der Waals surface area contributed by atoms with Crippen LogP contribution >= 0.6 is 0 Å². The summed E-state index contributed by atoms with van der Waals surface area (Å²) < 4.78 is 4.90. The first-order valence-electron chi connectivity index (χ1n) is 10.9. The summed E-state index contributed by atoms with van der Waals surface area (Å²) in [6.45, 7) is 7.17. The number of aryl methyl sites for hydroxylation is 1. The van der Waals surface area contributed by atoms with Crippen molar-refractivity contribution in [2.75, 3.05) is 37.6 Å². The second-order valence-electron chi connectivity index (χ2n) is 8.28. The second kappa shape index (κ2) is 9.31. The van der Waals surface area contributed by atoms with Gasteiger partial charge in [-0.3, -0.25) is 9.69 Å². The number of anilines is 1. The number of nitriles is 1. The van der Waals surface area contributed by atoms with Crippen LogP contribution < -0.4 is 10.2 Å². The minimum Gasteiger partial charge on any atom is -0.368 e. The van der Waals surface area contributed by atoms with E-state index in [-0.39, 0.29) is 17.7 Å². The van der Waals surface area contributed by atoms with Crippen LogP contribution in [0, 0.1) is 17.2 Å². The lowest BCUT2D eigenvalue weighted by molar-refractivity contribution is 0.0840. The van der Waals surface area contributed by atoms with Gasteiger partial charge in [-0.25, -0.2) is 0 Å². The van der Waals surface area contributed by atoms with E-state index in [1.54, 1.807) is 6.07 Å². The number of amides is 1. The third-order valence-electron chi connectivity index (χ3n) is 6.42. The zero-order valence-electron chi connectivity index (χ0n) is 17.5. The molecule has 2 fully saturated rings. The molecule has 1 aromatic heterocycles. The van der Waals surface area contributed by atoms with Gasteiger partial charge in [0.05, 0.1) is 17.4 Å². The van der Waals surface area contributed by atoms with Crippen molar-refractivity contribution in [3.63, 3.8) is 0 Å². The van der Waals surface area contributed by atoms with E-state index < -0.39 is 0 Å². The van der Waals surface area contributed by atoms with Gasteiger partial charge in [0.15, 0.2) is 0 Å². The van der Waals surface area contributed by atoms with E-state index >= 15 is 0 Å². The van der Waals surface area contributed by atoms with Gasteiger partial charge in [-0.2, -0.15) is 5.26 Å². The van der Waals surface area contributed by atoms with Crippen LogP contribution in [0.15, 0.2) is 35.0 Å². The molecule has 4 rings (SSSR count). The van der Waals surface area contributed by atoms with E-state index in [2.05, 4.69) is 51.5 Å². The van der Waals surface area contributed by atoms with Crippen LogP contribution in [-0.2, 0) is 6.42 Å². The molecule has 7 nitrogen and oxygen atoms in total. The van der Waals surface area contributed by atoms with Gasteiger partial charge in [-0.05, 0) is 49.8 Å². The number of hydrogen-bond donors (Lipinski definition) is 1. The molecule has 1 aliphatic carbocycles. The van der Waals surface area contributed by atoms with Gasteiger partial charge >= 0.3 is 0 Å². The smallest absolute Gasteiger partial charge is 0.290 e. The summed E-state index contributed by atoms with van der Waals surface area (Å²) in [5.41, 5.74) is 3.05. The SMILES string of the molecule is CCc1cccc(N2CCN(CCC3CC(NC(=O)c4ccno4)C3)CC2)c1C#N. The maximum atomic E-state index is 12.0. The van der Waals surface area contributed by atoms with Gasteiger partial charge in [-0.1, -0.05) is 24.2 Å². The molecule has 1 N–H and O–H groups in total. The molecule has 2 aliphatic rings. The van der Waals surface area contributed by atoms with Crippen molar-refractivity contribution in [2.45, 2.75) is 38.6 Å². The van der Waals surface area contributed by atoms with Crippen LogP contribution in [0.4, 0.5) is 5.69 Å². The van der Waals surface area contributed by atoms with Crippen molar-refractivity contribution in [3.05, 3.63) is 47.3 Å². The summed E-state index contributed by atoms with van der Waals surface area (Å²) in [6, 6.07) is 10.4. The normalized spacial score (nSPS) is 21.7. The topological polar surface area (TPSA) is 85.4 Å². The van der Waals surface area contributed by atoms with Crippen LogP contribution in [0.1, 0.15) is 47.9 Å². The number of carbonyl (C=O) groups is 1. The maximum Gasteiger partial charge on any atom is 0.290 e. The van der Waals surface area contributed by atoms with Gasteiger partial charge in [0, 0.05) is 38.3 Å². The van der Waals surface area contributed by atoms with E-state index in [0.29, 0.717) is 5.92 Å². The lowest BCUT2D eigenvalue weighted by Crippen LogP contribution is -2.48. The van der Waals surface area contributed by atoms with Gasteiger partial charge in [0.25, 0.3) is 5.91 Å². The highest BCUT2D eigenvalue weighted by atomic mass is 16.5. The maximum absolute atomic E-state index is 12.0. The summed E-state index contributed by atoms with van der Waals surface area (Å²) in [4.78, 5) is 16.9. The lowest BCUT2D eigenvalue weighted by atomic mass is 9.78. The average Bonchev–Trinajstić information content (AvgIpc) is 3.30. The summed E-state index contributed by atoms with van der Waals surface area (Å²) >= 11 is 0. The van der Waals surface area contributed by atoms with Crippen LogP contribution in [0.5, 0.6) is 0 Å². The fourth-order valence-electron chi connectivity index (χ4n) is 4.53. The van der Waals surface area contributed by atoms with Crippen LogP contribution in [0.25, 0.3) is 0 Å². The molecule has 0 spiro atoms. The Morgan fingerprint density at radius 2 is 2.07 bits per heavy atom. The van der Waals surface area contributed by atoms with Crippen molar-refractivity contribution in [1.29, 1.82) is 5.26 Å². The Morgan fingerprint density at radius 3 is 2.73 bits per heavy atom. The number of nitrogens with zero attached hydrogens (tertiary/aromatic N) is 4. The monoisotopic (exact) mass is 407 g/mol. The molecule has 1 saturated carbocycles. The Morgan fingerprint density at radius 1 is 1.27 bits per heavy atom. The van der Waals surface area contributed by atoms with E-state index in [9.17, 15) is 10.1 Å².